The molecule has 134 valence electrons. The average Bonchev–Trinajstić information content (AvgIpc) is 2.62. The maximum absolute atomic E-state index is 12.1. The first-order valence-corrected chi connectivity index (χ1v) is 9.16. The van der Waals surface area contributed by atoms with Crippen molar-refractivity contribution >= 4 is 34.4 Å². The lowest BCUT2D eigenvalue weighted by atomic mass is 10.2. The molecule has 0 aromatic heterocycles. The van der Waals surface area contributed by atoms with Crippen molar-refractivity contribution in [2.75, 3.05) is 24.7 Å². The van der Waals surface area contributed by atoms with Gasteiger partial charge >= 0.3 is 0 Å². The van der Waals surface area contributed by atoms with Gasteiger partial charge in [0.1, 0.15) is 12.3 Å². The van der Waals surface area contributed by atoms with Gasteiger partial charge in [-0.3, -0.25) is 9.80 Å². The van der Waals surface area contributed by atoms with Crippen LogP contribution in [0.1, 0.15) is 5.56 Å². The van der Waals surface area contributed by atoms with Gasteiger partial charge in [0.05, 0.1) is 5.75 Å². The van der Waals surface area contributed by atoms with Gasteiger partial charge in [-0.2, -0.15) is 4.99 Å². The van der Waals surface area contributed by atoms with Crippen molar-refractivity contribution in [3.8, 4) is 5.75 Å². The summed E-state index contributed by atoms with van der Waals surface area (Å²) < 4.78 is 5.78. The van der Waals surface area contributed by atoms with E-state index in [1.54, 1.807) is 5.01 Å². The highest BCUT2D eigenvalue weighted by molar-refractivity contribution is 8.14. The van der Waals surface area contributed by atoms with Crippen LogP contribution in [0.4, 0.5) is 5.69 Å². The smallest absolute Gasteiger partial charge is 0.234 e. The predicted molar refractivity (Wildman–Crippen MR) is 107 cm³/mol. The molecule has 1 heterocycles. The number of amidine groups is 1. The lowest BCUT2D eigenvalue weighted by Crippen LogP contribution is -2.31. The van der Waals surface area contributed by atoms with E-state index in [0.29, 0.717) is 17.6 Å². The molecule has 26 heavy (non-hydrogen) atoms. The largest absolute Gasteiger partial charge is 0.441 e. The second-order valence-corrected chi connectivity index (χ2v) is 6.76. The molecule has 0 aliphatic carbocycles. The summed E-state index contributed by atoms with van der Waals surface area (Å²) in [5, 5.41) is 9.44. The van der Waals surface area contributed by atoms with Crippen LogP contribution in [0, 0.1) is 6.92 Å². The van der Waals surface area contributed by atoms with Crippen molar-refractivity contribution in [2.24, 2.45) is 10.1 Å². The van der Waals surface area contributed by atoms with E-state index in [0.717, 1.165) is 17.0 Å². The van der Waals surface area contributed by atoms with Crippen molar-refractivity contribution in [1.29, 1.82) is 0 Å². The second kappa shape index (κ2) is 8.53. The minimum atomic E-state index is -0.101. The number of likely N-dealkylation sites (N-methyl/N-ethyl adjacent to an activating group) is 1. The summed E-state index contributed by atoms with van der Waals surface area (Å²) in [6.07, 6.45) is 0. The molecule has 6 nitrogen and oxygen atoms in total. The zero-order valence-electron chi connectivity index (χ0n) is 14.7. The van der Waals surface area contributed by atoms with Crippen LogP contribution in [-0.4, -0.2) is 41.3 Å². The quantitative estimate of drug-likeness (QED) is 0.899. The number of nitrogens with one attached hydrogen (secondary N) is 1. The molecular weight excluding hydrogens is 348 g/mol. The van der Waals surface area contributed by atoms with Crippen LogP contribution in [0.5, 0.6) is 5.75 Å². The minimum absolute atomic E-state index is 0.101. The zero-order chi connectivity index (χ0) is 18.4. The third-order valence-corrected chi connectivity index (χ3v) is 4.32. The Kier molecular flexibility index (Phi) is 5.91. The number of aliphatic imine (C=N–C) groups is 1. The van der Waals surface area contributed by atoms with Crippen molar-refractivity contribution in [3.63, 3.8) is 0 Å². The minimum Gasteiger partial charge on any atom is -0.441 e. The first kappa shape index (κ1) is 18.0. The molecule has 1 aliphatic heterocycles. The fourth-order valence-corrected chi connectivity index (χ4v) is 2.94. The van der Waals surface area contributed by atoms with Crippen LogP contribution in [-0.2, 0) is 4.79 Å². The van der Waals surface area contributed by atoms with Crippen molar-refractivity contribution in [2.45, 2.75) is 6.92 Å². The molecule has 0 fully saturated rings. The zero-order valence-corrected chi connectivity index (χ0v) is 15.5. The van der Waals surface area contributed by atoms with E-state index >= 15 is 0 Å². The van der Waals surface area contributed by atoms with E-state index in [4.69, 9.17) is 4.74 Å². The molecule has 2 aromatic rings. The number of para-hydroxylation sites is 1. The Morgan fingerprint density at radius 1 is 1.19 bits per heavy atom. The van der Waals surface area contributed by atoms with E-state index in [9.17, 15) is 4.79 Å². The molecule has 0 atom stereocenters. The number of thioether (sulfide) groups is 1. The summed E-state index contributed by atoms with van der Waals surface area (Å²) in [5.41, 5.74) is 1.93. The number of carbonyl (C=O) groups is 1. The molecule has 1 N–H and O–H groups in total. The Morgan fingerprint density at radius 2 is 1.92 bits per heavy atom. The molecule has 0 bridgehead atoms. The van der Waals surface area contributed by atoms with Crippen LogP contribution < -0.4 is 10.1 Å². The van der Waals surface area contributed by atoms with Gasteiger partial charge in [0, 0.05) is 12.7 Å². The van der Waals surface area contributed by atoms with Gasteiger partial charge in [-0.1, -0.05) is 47.7 Å². The maximum Gasteiger partial charge on any atom is 0.234 e. The number of nitrogens with zero attached hydrogens (tertiary/aromatic N) is 3. The monoisotopic (exact) mass is 368 g/mol. The van der Waals surface area contributed by atoms with E-state index < -0.39 is 0 Å². The molecule has 7 heteroatoms. The molecule has 1 aliphatic rings. The van der Waals surface area contributed by atoms with Gasteiger partial charge < -0.3 is 10.1 Å². The molecule has 0 saturated heterocycles. The number of aryl methyl sites for hydroxylation is 1. The van der Waals surface area contributed by atoms with Crippen molar-refractivity contribution in [1.82, 2.24) is 5.01 Å². The highest BCUT2D eigenvalue weighted by Gasteiger charge is 2.16. The van der Waals surface area contributed by atoms with Crippen molar-refractivity contribution < 1.29 is 9.53 Å². The number of carbonyl (C=O) groups excluding carboxylic acids is 1. The number of ether oxygens (including phenoxy) is 1. The Balaban J connectivity index is 1.56. The molecule has 0 saturated carbocycles. The number of benzene rings is 2. The molecule has 1 amide bonds. The molecular formula is C19H20N4O2S. The highest BCUT2D eigenvalue weighted by atomic mass is 32.2. The van der Waals surface area contributed by atoms with Gasteiger partial charge in [0.15, 0.2) is 0 Å². The molecule has 0 spiro atoms. The predicted octanol–water partition coefficient (Wildman–Crippen LogP) is 3.36. The number of rotatable bonds is 4. The summed E-state index contributed by atoms with van der Waals surface area (Å²) in [4.78, 5) is 16.5. The fourth-order valence-electron chi connectivity index (χ4n) is 2.25. The Hall–Kier alpha value is -2.80. The maximum atomic E-state index is 12.1. The standard InChI is InChI=1S/C19H20N4O2S/c1-14-8-10-15(11-9-14)20-17(24)13-26-19-21-18(12-23(2)22-19)25-16-6-4-3-5-7-16/h3-11H,12-13H2,1-2H3,(H,20,24). The number of hydrogen-bond donors (Lipinski definition) is 1. The second-order valence-electron chi connectivity index (χ2n) is 5.82. The lowest BCUT2D eigenvalue weighted by molar-refractivity contribution is -0.113. The highest BCUT2D eigenvalue weighted by Crippen LogP contribution is 2.16. The van der Waals surface area contributed by atoms with Crippen molar-refractivity contribution in [3.05, 3.63) is 60.2 Å². The summed E-state index contributed by atoms with van der Waals surface area (Å²) in [6.45, 7) is 2.49. The van der Waals surface area contributed by atoms with Crippen LogP contribution in [0.25, 0.3) is 0 Å². The normalized spacial score (nSPS) is 13.7. The number of amides is 1. The van der Waals surface area contributed by atoms with Gasteiger partial charge in [-0.25, -0.2) is 0 Å². The Bertz CT molecular complexity index is 819. The number of hydrogen-bond acceptors (Lipinski definition) is 6. The molecule has 3 rings (SSSR count). The van der Waals surface area contributed by atoms with E-state index in [2.05, 4.69) is 15.4 Å². The number of hydrazone groups is 1. The van der Waals surface area contributed by atoms with E-state index in [1.165, 1.54) is 11.8 Å². The lowest BCUT2D eigenvalue weighted by Gasteiger charge is -2.20. The average molecular weight is 368 g/mol. The Morgan fingerprint density at radius 3 is 2.65 bits per heavy atom. The molecule has 0 unspecified atom stereocenters. The third-order valence-electron chi connectivity index (χ3n) is 3.49. The fraction of sp³-hybridized carbons (Fsp3) is 0.211. The van der Waals surface area contributed by atoms with Crippen LogP contribution >= 0.6 is 11.8 Å². The third kappa shape index (κ3) is 5.35. The summed E-state index contributed by atoms with van der Waals surface area (Å²) >= 11 is 1.27. The molecule has 0 radical (unpaired) electrons. The molecule has 2 aromatic carbocycles. The first-order valence-electron chi connectivity index (χ1n) is 8.18. The van der Waals surface area contributed by atoms with E-state index in [1.807, 2.05) is 68.6 Å². The van der Waals surface area contributed by atoms with Crippen LogP contribution in [0.2, 0.25) is 0 Å². The summed E-state index contributed by atoms with van der Waals surface area (Å²) in [7, 11) is 1.84. The summed E-state index contributed by atoms with van der Waals surface area (Å²) in [6, 6.07) is 17.2. The number of anilines is 1. The van der Waals surface area contributed by atoms with Gasteiger partial charge in [-0.05, 0) is 31.2 Å². The van der Waals surface area contributed by atoms with Crippen LogP contribution in [0.3, 0.4) is 0 Å². The summed E-state index contributed by atoms with van der Waals surface area (Å²) in [5.74, 6) is 1.40. The van der Waals surface area contributed by atoms with Gasteiger partial charge in [0.25, 0.3) is 0 Å². The first-order chi connectivity index (χ1) is 12.6. The SMILES string of the molecule is Cc1ccc(NC(=O)CSC2=NN(C)CC(Oc3ccccc3)=N2)cc1. The topological polar surface area (TPSA) is 66.3 Å². The van der Waals surface area contributed by atoms with Gasteiger partial charge in [-0.15, -0.1) is 5.10 Å². The van der Waals surface area contributed by atoms with E-state index in [-0.39, 0.29) is 11.7 Å². The van der Waals surface area contributed by atoms with Gasteiger partial charge in [0.2, 0.25) is 17.0 Å². The Labute approximate surface area is 157 Å². The van der Waals surface area contributed by atoms with Crippen LogP contribution in [0.15, 0.2) is 64.7 Å².